The number of esters is 1. The van der Waals surface area contributed by atoms with Gasteiger partial charge in [0.05, 0.1) is 11.5 Å². The smallest absolute Gasteiger partial charge is 0.343 e. The van der Waals surface area contributed by atoms with Gasteiger partial charge >= 0.3 is 5.97 Å². The molecule has 0 amide bonds. The molecule has 0 spiro atoms. The SMILES string of the molecule is N#CC1=C(N)Oc2cc(OC(=O)c3ccc(Br)cc3)ccc2C1c1ccc(OCc2ccc(Cl)cc2Cl)cc1. The monoisotopic (exact) mass is 620 g/mol. The summed E-state index contributed by atoms with van der Waals surface area (Å²) in [6.45, 7) is 0.271. The molecule has 0 saturated carbocycles. The van der Waals surface area contributed by atoms with Crippen LogP contribution in [0.5, 0.6) is 17.2 Å². The average Bonchev–Trinajstić information content (AvgIpc) is 2.92. The molecule has 0 bridgehead atoms. The van der Waals surface area contributed by atoms with E-state index in [0.717, 1.165) is 15.6 Å². The predicted octanol–water partition coefficient (Wildman–Crippen LogP) is 7.77. The van der Waals surface area contributed by atoms with Crippen LogP contribution in [0.3, 0.4) is 0 Å². The van der Waals surface area contributed by atoms with Crippen molar-refractivity contribution in [3.05, 3.63) is 133 Å². The number of nitrogens with zero attached hydrogens (tertiary/aromatic N) is 1. The van der Waals surface area contributed by atoms with Gasteiger partial charge in [-0.3, -0.25) is 0 Å². The van der Waals surface area contributed by atoms with Crippen molar-refractivity contribution in [2.24, 2.45) is 5.73 Å². The third-order valence-electron chi connectivity index (χ3n) is 6.10. The van der Waals surface area contributed by atoms with E-state index >= 15 is 0 Å². The molecule has 0 fully saturated rings. The van der Waals surface area contributed by atoms with Gasteiger partial charge in [-0.05, 0) is 60.2 Å². The largest absolute Gasteiger partial charge is 0.489 e. The van der Waals surface area contributed by atoms with Crippen LogP contribution >= 0.6 is 39.1 Å². The van der Waals surface area contributed by atoms with E-state index in [-0.39, 0.29) is 18.1 Å². The first kappa shape index (κ1) is 26.6. The highest BCUT2D eigenvalue weighted by Gasteiger charge is 2.31. The van der Waals surface area contributed by atoms with E-state index in [0.29, 0.717) is 38.4 Å². The van der Waals surface area contributed by atoms with E-state index in [4.69, 9.17) is 43.1 Å². The summed E-state index contributed by atoms with van der Waals surface area (Å²) in [5.41, 5.74) is 9.15. The van der Waals surface area contributed by atoms with E-state index < -0.39 is 11.9 Å². The Hall–Kier alpha value is -3.96. The average molecular weight is 622 g/mol. The lowest BCUT2D eigenvalue weighted by molar-refractivity contribution is 0.0734. The van der Waals surface area contributed by atoms with Crippen LogP contribution in [0.4, 0.5) is 0 Å². The second kappa shape index (κ2) is 11.4. The van der Waals surface area contributed by atoms with Crippen LogP contribution in [0.15, 0.2) is 101 Å². The van der Waals surface area contributed by atoms with Crippen molar-refractivity contribution < 1.29 is 19.0 Å². The first-order valence-electron chi connectivity index (χ1n) is 11.7. The molecule has 1 heterocycles. The van der Waals surface area contributed by atoms with Gasteiger partial charge in [-0.25, -0.2) is 4.79 Å². The maximum atomic E-state index is 12.6. The zero-order valence-electron chi connectivity index (χ0n) is 20.2. The van der Waals surface area contributed by atoms with Gasteiger partial charge in [0, 0.05) is 31.7 Å². The highest BCUT2D eigenvalue weighted by Crippen LogP contribution is 2.43. The summed E-state index contributed by atoms with van der Waals surface area (Å²) in [7, 11) is 0. The van der Waals surface area contributed by atoms with Crippen LogP contribution in [-0.2, 0) is 6.61 Å². The van der Waals surface area contributed by atoms with Gasteiger partial charge in [0.2, 0.25) is 5.88 Å². The Morgan fingerprint density at radius 3 is 2.38 bits per heavy atom. The van der Waals surface area contributed by atoms with Gasteiger partial charge in [-0.1, -0.05) is 63.4 Å². The quantitative estimate of drug-likeness (QED) is 0.175. The summed E-state index contributed by atoms with van der Waals surface area (Å²) in [6, 6.07) is 26.6. The summed E-state index contributed by atoms with van der Waals surface area (Å²) < 4.78 is 18.0. The molecule has 2 N–H and O–H groups in total. The molecule has 1 unspecified atom stereocenters. The number of nitriles is 1. The van der Waals surface area contributed by atoms with Gasteiger partial charge < -0.3 is 19.9 Å². The molecule has 1 atom stereocenters. The van der Waals surface area contributed by atoms with Crippen LogP contribution in [0.1, 0.15) is 33.0 Å². The number of allylic oxidation sites excluding steroid dienone is 1. The van der Waals surface area contributed by atoms with Crippen molar-refractivity contribution in [2.45, 2.75) is 12.5 Å². The van der Waals surface area contributed by atoms with Crippen molar-refractivity contribution in [1.82, 2.24) is 0 Å². The lowest BCUT2D eigenvalue weighted by atomic mass is 9.83. The second-order valence-corrected chi connectivity index (χ2v) is 10.4. The van der Waals surface area contributed by atoms with Crippen molar-refractivity contribution in [3.63, 3.8) is 0 Å². The van der Waals surface area contributed by atoms with Crippen molar-refractivity contribution >= 4 is 45.1 Å². The lowest BCUT2D eigenvalue weighted by Gasteiger charge is -2.26. The van der Waals surface area contributed by atoms with E-state index in [1.165, 1.54) is 0 Å². The molecule has 9 heteroatoms. The first-order chi connectivity index (χ1) is 18.8. The van der Waals surface area contributed by atoms with Crippen LogP contribution in [-0.4, -0.2) is 5.97 Å². The van der Waals surface area contributed by atoms with Gasteiger partial charge in [0.1, 0.15) is 35.5 Å². The predicted molar refractivity (Wildman–Crippen MR) is 152 cm³/mol. The van der Waals surface area contributed by atoms with E-state index in [1.54, 1.807) is 54.6 Å². The van der Waals surface area contributed by atoms with Crippen LogP contribution < -0.4 is 19.9 Å². The Morgan fingerprint density at radius 1 is 0.974 bits per heavy atom. The Balaban J connectivity index is 1.37. The Labute approximate surface area is 243 Å². The number of ether oxygens (including phenoxy) is 3. The van der Waals surface area contributed by atoms with Crippen LogP contribution in [0.25, 0.3) is 0 Å². The molecule has 0 radical (unpaired) electrons. The standard InChI is InChI=1S/C30H19BrCl2N2O4/c31-20-6-1-18(2-7-20)30(36)38-23-11-12-24-27(14-23)39-29(35)25(15-34)28(24)17-4-9-22(10-5-17)37-16-19-3-8-21(32)13-26(19)33/h1-14,28H,16,35H2. The van der Waals surface area contributed by atoms with Crippen molar-refractivity contribution in [3.8, 4) is 23.3 Å². The molecule has 6 nitrogen and oxygen atoms in total. The second-order valence-electron chi connectivity index (χ2n) is 8.61. The van der Waals surface area contributed by atoms with Gasteiger partial charge in [-0.2, -0.15) is 5.26 Å². The minimum absolute atomic E-state index is 0.0101. The number of carbonyl (C=O) groups excluding carboxylic acids is 1. The van der Waals surface area contributed by atoms with Crippen molar-refractivity contribution in [1.29, 1.82) is 5.26 Å². The fourth-order valence-corrected chi connectivity index (χ4v) is 4.88. The summed E-state index contributed by atoms with van der Waals surface area (Å²) in [5.74, 6) is 0.321. The third kappa shape index (κ3) is 5.89. The summed E-state index contributed by atoms with van der Waals surface area (Å²) in [6.07, 6.45) is 0. The number of halogens is 3. The van der Waals surface area contributed by atoms with Gasteiger partial charge in [0.15, 0.2) is 0 Å². The summed E-state index contributed by atoms with van der Waals surface area (Å²) >= 11 is 15.5. The Kier molecular flexibility index (Phi) is 7.80. The number of rotatable bonds is 6. The highest BCUT2D eigenvalue weighted by atomic mass is 79.9. The zero-order chi connectivity index (χ0) is 27.5. The summed E-state index contributed by atoms with van der Waals surface area (Å²) in [4.78, 5) is 12.6. The fourth-order valence-electron chi connectivity index (χ4n) is 4.15. The summed E-state index contributed by atoms with van der Waals surface area (Å²) in [5, 5.41) is 10.9. The fraction of sp³-hybridized carbons (Fsp3) is 0.0667. The van der Waals surface area contributed by atoms with Gasteiger partial charge in [0.25, 0.3) is 0 Å². The van der Waals surface area contributed by atoms with Crippen LogP contribution in [0, 0.1) is 11.3 Å². The highest BCUT2D eigenvalue weighted by molar-refractivity contribution is 9.10. The minimum atomic E-state index is -0.508. The van der Waals surface area contributed by atoms with Crippen LogP contribution in [0.2, 0.25) is 10.0 Å². The molecule has 1 aliphatic heterocycles. The molecular formula is C30H19BrCl2N2O4. The topological polar surface area (TPSA) is 94.6 Å². The molecule has 1 aliphatic rings. The normalized spacial score (nSPS) is 14.2. The third-order valence-corrected chi connectivity index (χ3v) is 7.22. The molecule has 0 aliphatic carbocycles. The molecule has 5 rings (SSSR count). The van der Waals surface area contributed by atoms with E-state index in [9.17, 15) is 10.1 Å². The molecular weight excluding hydrogens is 603 g/mol. The maximum absolute atomic E-state index is 12.6. The molecule has 4 aromatic carbocycles. The Bertz CT molecular complexity index is 1630. The van der Waals surface area contributed by atoms with E-state index in [1.807, 2.05) is 30.3 Å². The molecule has 0 aromatic heterocycles. The van der Waals surface area contributed by atoms with E-state index in [2.05, 4.69) is 22.0 Å². The zero-order valence-corrected chi connectivity index (χ0v) is 23.3. The Morgan fingerprint density at radius 2 is 1.69 bits per heavy atom. The molecule has 194 valence electrons. The number of nitrogens with two attached hydrogens (primary N) is 1. The number of hydrogen-bond acceptors (Lipinski definition) is 6. The first-order valence-corrected chi connectivity index (χ1v) is 13.2. The molecule has 0 saturated heterocycles. The number of benzene rings is 4. The molecule has 39 heavy (non-hydrogen) atoms. The maximum Gasteiger partial charge on any atom is 0.343 e. The number of fused-ring (bicyclic) bond motifs is 1. The lowest BCUT2D eigenvalue weighted by Crippen LogP contribution is -2.21. The number of hydrogen-bond donors (Lipinski definition) is 1. The minimum Gasteiger partial charge on any atom is -0.489 e. The number of carbonyl (C=O) groups is 1. The van der Waals surface area contributed by atoms with Crippen molar-refractivity contribution in [2.75, 3.05) is 0 Å². The molecule has 4 aromatic rings. The van der Waals surface area contributed by atoms with Gasteiger partial charge in [-0.15, -0.1) is 0 Å².